The summed E-state index contributed by atoms with van der Waals surface area (Å²) in [4.78, 5) is 4.60. The van der Waals surface area contributed by atoms with Crippen LogP contribution >= 0.6 is 0 Å². The maximum Gasteiger partial charge on any atom is 0.221 e. The molecule has 1 atom stereocenters. The fourth-order valence-corrected chi connectivity index (χ4v) is 7.72. The third kappa shape index (κ3) is 4.06. The summed E-state index contributed by atoms with van der Waals surface area (Å²) >= 11 is 0. The van der Waals surface area contributed by atoms with Gasteiger partial charge in [0, 0.05) is 50.0 Å². The van der Waals surface area contributed by atoms with Crippen molar-refractivity contribution >= 4 is 15.7 Å². The predicted molar refractivity (Wildman–Crippen MR) is 126 cm³/mol. The fourth-order valence-electron chi connectivity index (χ4n) is 5.47. The summed E-state index contributed by atoms with van der Waals surface area (Å²) in [5.74, 6) is 0.117. The molecule has 2 bridgehead atoms. The third-order valence-electron chi connectivity index (χ3n) is 7.57. The number of likely N-dealkylation sites (N-methyl/N-ethyl adjacent to an activating group) is 1. The highest BCUT2D eigenvalue weighted by molar-refractivity contribution is 7.89. The Balaban J connectivity index is 1.37. The number of anilines is 1. The number of sulfonamides is 1. The van der Waals surface area contributed by atoms with Crippen molar-refractivity contribution in [3.8, 4) is 0 Å². The van der Waals surface area contributed by atoms with E-state index in [9.17, 15) is 8.42 Å². The van der Waals surface area contributed by atoms with Crippen molar-refractivity contribution in [2.75, 3.05) is 37.6 Å². The van der Waals surface area contributed by atoms with Crippen LogP contribution in [0.25, 0.3) is 0 Å². The largest absolute Gasteiger partial charge is 0.369 e. The SMILES string of the molecule is CCN1CCN(c2ccc(CN3C4CC(C4)CC(c4ccccc4)S3(=O)=O)c(F)c2)CC1. The fraction of sp³-hybridized carbons (Fsp3) is 0.520. The molecule has 3 heterocycles. The number of fused-ring (bicyclic) bond motifs is 3. The lowest BCUT2D eigenvalue weighted by Crippen LogP contribution is -2.46. The average molecular weight is 458 g/mol. The van der Waals surface area contributed by atoms with Crippen LogP contribution in [0.4, 0.5) is 10.1 Å². The second-order valence-electron chi connectivity index (χ2n) is 9.41. The molecule has 0 aromatic heterocycles. The Morgan fingerprint density at radius 2 is 1.69 bits per heavy atom. The van der Waals surface area contributed by atoms with E-state index in [0.717, 1.165) is 56.8 Å². The topological polar surface area (TPSA) is 43.9 Å². The molecule has 6 rings (SSSR count). The van der Waals surface area contributed by atoms with Crippen LogP contribution in [-0.2, 0) is 16.6 Å². The summed E-state index contributed by atoms with van der Waals surface area (Å²) in [5.41, 5.74) is 2.18. The maximum absolute atomic E-state index is 15.2. The van der Waals surface area contributed by atoms with Gasteiger partial charge >= 0.3 is 0 Å². The zero-order valence-corrected chi connectivity index (χ0v) is 19.5. The number of rotatable bonds is 5. The molecule has 3 saturated heterocycles. The number of benzene rings is 2. The van der Waals surface area contributed by atoms with Gasteiger partial charge < -0.3 is 9.80 Å². The van der Waals surface area contributed by atoms with Gasteiger partial charge in [0.25, 0.3) is 0 Å². The molecule has 0 spiro atoms. The summed E-state index contributed by atoms with van der Waals surface area (Å²) < 4.78 is 44.0. The number of hydrogen-bond acceptors (Lipinski definition) is 4. The summed E-state index contributed by atoms with van der Waals surface area (Å²) in [6.07, 6.45) is 2.42. The monoisotopic (exact) mass is 457 g/mol. The van der Waals surface area contributed by atoms with Gasteiger partial charge in [-0.3, -0.25) is 0 Å². The van der Waals surface area contributed by atoms with Gasteiger partial charge in [-0.1, -0.05) is 43.3 Å². The Bertz CT molecular complexity index is 1050. The minimum atomic E-state index is -3.57. The molecule has 4 fully saturated rings. The van der Waals surface area contributed by atoms with Gasteiger partial charge in [0.1, 0.15) is 11.1 Å². The molecule has 7 heteroatoms. The minimum Gasteiger partial charge on any atom is -0.369 e. The van der Waals surface area contributed by atoms with E-state index in [-0.39, 0.29) is 18.4 Å². The molecule has 0 amide bonds. The molecule has 32 heavy (non-hydrogen) atoms. The standard InChI is InChI=1S/C25H32FN3O2S/c1-2-27-10-12-28(13-11-27)22-9-8-21(24(26)17-22)18-29-23-14-19(15-23)16-25(32(29,30)31)20-6-4-3-5-7-20/h3-9,17,19,23,25H,2,10-16,18H2,1H3. The number of piperazine rings is 1. The molecule has 2 aromatic carbocycles. The van der Waals surface area contributed by atoms with Crippen molar-refractivity contribution in [2.45, 2.75) is 44.0 Å². The summed E-state index contributed by atoms with van der Waals surface area (Å²) in [6.45, 7) is 7.04. The molecule has 0 N–H and O–H groups in total. The Morgan fingerprint density at radius 3 is 2.34 bits per heavy atom. The van der Waals surface area contributed by atoms with Crippen LogP contribution in [0.5, 0.6) is 0 Å². The number of halogens is 1. The normalized spacial score (nSPS) is 28.2. The van der Waals surface area contributed by atoms with E-state index in [0.29, 0.717) is 17.9 Å². The average Bonchev–Trinajstić information content (AvgIpc) is 2.95. The highest BCUT2D eigenvalue weighted by Crippen LogP contribution is 2.48. The van der Waals surface area contributed by atoms with Crippen LogP contribution in [0, 0.1) is 11.7 Å². The van der Waals surface area contributed by atoms with E-state index >= 15 is 4.39 Å². The van der Waals surface area contributed by atoms with Crippen LogP contribution in [0.2, 0.25) is 0 Å². The lowest BCUT2D eigenvalue weighted by molar-refractivity contribution is 0.150. The van der Waals surface area contributed by atoms with E-state index in [1.165, 1.54) is 0 Å². The minimum absolute atomic E-state index is 0.0140. The van der Waals surface area contributed by atoms with Crippen molar-refractivity contribution < 1.29 is 12.8 Å². The second kappa shape index (κ2) is 8.76. The smallest absolute Gasteiger partial charge is 0.221 e. The van der Waals surface area contributed by atoms with E-state index in [1.807, 2.05) is 36.4 Å². The van der Waals surface area contributed by atoms with E-state index in [4.69, 9.17) is 0 Å². The van der Waals surface area contributed by atoms with Gasteiger partial charge in [-0.15, -0.1) is 0 Å². The summed E-state index contributed by atoms with van der Waals surface area (Å²) in [6, 6.07) is 14.8. The molecule has 5 nitrogen and oxygen atoms in total. The van der Waals surface area contributed by atoms with Crippen molar-refractivity contribution in [2.24, 2.45) is 5.92 Å². The first-order chi connectivity index (χ1) is 15.5. The summed E-state index contributed by atoms with van der Waals surface area (Å²) in [5, 5.41) is -0.543. The second-order valence-corrected chi connectivity index (χ2v) is 11.5. The zero-order valence-electron chi connectivity index (χ0n) is 18.7. The summed E-state index contributed by atoms with van der Waals surface area (Å²) in [7, 11) is -3.57. The molecule has 172 valence electrons. The number of hydrogen-bond donors (Lipinski definition) is 0. The van der Waals surface area contributed by atoms with Crippen molar-refractivity contribution in [1.82, 2.24) is 9.21 Å². The maximum atomic E-state index is 15.2. The first-order valence-electron chi connectivity index (χ1n) is 11.8. The van der Waals surface area contributed by atoms with Crippen LogP contribution in [0.3, 0.4) is 0 Å². The first-order valence-corrected chi connectivity index (χ1v) is 13.3. The molecule has 0 radical (unpaired) electrons. The van der Waals surface area contributed by atoms with Gasteiger partial charge in [-0.05, 0) is 49.4 Å². The molecule has 1 aliphatic carbocycles. The Morgan fingerprint density at radius 1 is 0.969 bits per heavy atom. The van der Waals surface area contributed by atoms with Gasteiger partial charge in [-0.2, -0.15) is 4.31 Å². The molecular formula is C25H32FN3O2S. The van der Waals surface area contributed by atoms with Crippen LogP contribution in [0.1, 0.15) is 42.6 Å². The molecule has 4 aliphatic rings. The molecule has 1 saturated carbocycles. The van der Waals surface area contributed by atoms with Gasteiger partial charge in [0.05, 0.1) is 0 Å². The molecule has 1 unspecified atom stereocenters. The van der Waals surface area contributed by atoms with E-state index in [2.05, 4.69) is 16.7 Å². The van der Waals surface area contributed by atoms with E-state index in [1.54, 1.807) is 16.4 Å². The lowest BCUT2D eigenvalue weighted by Gasteiger charge is -2.38. The van der Waals surface area contributed by atoms with Crippen LogP contribution < -0.4 is 4.90 Å². The quantitative estimate of drug-likeness (QED) is 0.680. The third-order valence-corrected chi connectivity index (χ3v) is 9.84. The highest BCUT2D eigenvalue weighted by atomic mass is 32.2. The van der Waals surface area contributed by atoms with Gasteiger partial charge in [0.2, 0.25) is 10.0 Å². The first kappa shape index (κ1) is 21.9. The molecule has 2 aromatic rings. The Labute approximate surface area is 190 Å². The van der Waals surface area contributed by atoms with Gasteiger partial charge in [-0.25, -0.2) is 12.8 Å². The van der Waals surface area contributed by atoms with E-state index < -0.39 is 15.3 Å². The molecular weight excluding hydrogens is 425 g/mol. The van der Waals surface area contributed by atoms with Crippen molar-refractivity contribution in [3.05, 3.63) is 65.5 Å². The van der Waals surface area contributed by atoms with Gasteiger partial charge in [0.15, 0.2) is 0 Å². The van der Waals surface area contributed by atoms with Crippen molar-refractivity contribution in [1.29, 1.82) is 0 Å². The molecule has 3 aliphatic heterocycles. The Kier molecular flexibility index (Phi) is 5.99. The Hall–Kier alpha value is -1.96. The number of nitrogens with zero attached hydrogens (tertiary/aromatic N) is 3. The van der Waals surface area contributed by atoms with Crippen LogP contribution in [0.15, 0.2) is 48.5 Å². The zero-order chi connectivity index (χ0) is 22.3. The van der Waals surface area contributed by atoms with Crippen LogP contribution in [-0.4, -0.2) is 56.4 Å². The lowest BCUT2D eigenvalue weighted by atomic mass is 9.77. The van der Waals surface area contributed by atoms with Crippen molar-refractivity contribution in [3.63, 3.8) is 0 Å². The highest BCUT2D eigenvalue weighted by Gasteiger charge is 2.48. The predicted octanol–water partition coefficient (Wildman–Crippen LogP) is 4.02.